The topological polar surface area (TPSA) is 38.3 Å². The molecule has 0 aliphatic carbocycles. The van der Waals surface area contributed by atoms with Crippen LogP contribution in [-0.4, -0.2) is 13.0 Å². The normalized spacial score (nSPS) is 10.2. The first-order valence-electron chi connectivity index (χ1n) is 5.92. The number of aryl methyl sites for hydroxylation is 1. The van der Waals surface area contributed by atoms with Crippen LogP contribution in [0.25, 0.3) is 0 Å². The summed E-state index contributed by atoms with van der Waals surface area (Å²) >= 11 is 5.88. The Kier molecular flexibility index (Phi) is 4.25. The van der Waals surface area contributed by atoms with E-state index in [1.807, 2.05) is 0 Å². The van der Waals surface area contributed by atoms with Gasteiger partial charge in [-0.1, -0.05) is 23.2 Å². The second kappa shape index (κ2) is 5.92. The van der Waals surface area contributed by atoms with E-state index >= 15 is 0 Å². The maximum absolute atomic E-state index is 13.7. The van der Waals surface area contributed by atoms with E-state index in [1.54, 1.807) is 31.2 Å². The van der Waals surface area contributed by atoms with Gasteiger partial charge >= 0.3 is 0 Å². The number of benzene rings is 2. The molecule has 0 unspecified atom stereocenters. The average Bonchev–Trinajstić information content (AvgIpc) is 2.41. The third-order valence-corrected chi connectivity index (χ3v) is 3.01. The van der Waals surface area contributed by atoms with E-state index < -0.39 is 11.7 Å². The van der Waals surface area contributed by atoms with Crippen molar-refractivity contribution in [2.45, 2.75) is 6.92 Å². The van der Waals surface area contributed by atoms with Crippen LogP contribution in [0.2, 0.25) is 5.02 Å². The van der Waals surface area contributed by atoms with Crippen molar-refractivity contribution in [1.82, 2.24) is 0 Å². The van der Waals surface area contributed by atoms with Gasteiger partial charge in [-0.15, -0.1) is 0 Å². The van der Waals surface area contributed by atoms with Gasteiger partial charge < -0.3 is 10.1 Å². The molecule has 1 N–H and O–H groups in total. The highest BCUT2D eigenvalue weighted by molar-refractivity contribution is 6.31. The third kappa shape index (κ3) is 3.08. The van der Waals surface area contributed by atoms with Crippen molar-refractivity contribution in [2.24, 2.45) is 0 Å². The smallest absolute Gasteiger partial charge is 0.258 e. The van der Waals surface area contributed by atoms with Crippen LogP contribution in [0.15, 0.2) is 36.4 Å². The van der Waals surface area contributed by atoms with Crippen LogP contribution >= 0.6 is 11.6 Å². The summed E-state index contributed by atoms with van der Waals surface area (Å²) in [4.78, 5) is 12.1. The second-order valence-corrected chi connectivity index (χ2v) is 4.72. The maximum Gasteiger partial charge on any atom is 0.258 e. The van der Waals surface area contributed by atoms with Crippen molar-refractivity contribution < 1.29 is 13.9 Å². The van der Waals surface area contributed by atoms with Gasteiger partial charge in [0, 0.05) is 5.02 Å². The largest absolute Gasteiger partial charge is 0.495 e. The van der Waals surface area contributed by atoms with Crippen LogP contribution in [0.5, 0.6) is 5.75 Å². The maximum atomic E-state index is 13.7. The number of methoxy groups -OCH3 is 1. The molecule has 0 aliphatic heterocycles. The van der Waals surface area contributed by atoms with E-state index in [-0.39, 0.29) is 5.56 Å². The summed E-state index contributed by atoms with van der Waals surface area (Å²) in [6, 6.07) is 9.17. The molecule has 3 nitrogen and oxygen atoms in total. The summed E-state index contributed by atoms with van der Waals surface area (Å²) in [5.74, 6) is -0.670. The molecule has 104 valence electrons. The summed E-state index contributed by atoms with van der Waals surface area (Å²) in [5.41, 5.74) is 1.17. The number of amides is 1. The lowest BCUT2D eigenvalue weighted by Gasteiger charge is -2.11. The minimum Gasteiger partial charge on any atom is -0.495 e. The molecule has 2 aromatic carbocycles. The number of anilines is 1. The highest BCUT2D eigenvalue weighted by atomic mass is 35.5. The van der Waals surface area contributed by atoms with Gasteiger partial charge in [0.2, 0.25) is 0 Å². The Bertz CT molecular complexity index is 658. The first kappa shape index (κ1) is 14.3. The first-order chi connectivity index (χ1) is 9.51. The molecule has 1 amide bonds. The van der Waals surface area contributed by atoms with Crippen molar-refractivity contribution in [1.29, 1.82) is 0 Å². The first-order valence-corrected chi connectivity index (χ1v) is 6.30. The second-order valence-electron chi connectivity index (χ2n) is 4.28. The number of halogens is 2. The molecule has 20 heavy (non-hydrogen) atoms. The Labute approximate surface area is 121 Å². The summed E-state index contributed by atoms with van der Waals surface area (Å²) in [5, 5.41) is 3.05. The molecular formula is C15H13ClFNO2. The van der Waals surface area contributed by atoms with Crippen LogP contribution < -0.4 is 10.1 Å². The van der Waals surface area contributed by atoms with Crippen LogP contribution in [-0.2, 0) is 0 Å². The molecule has 0 heterocycles. The highest BCUT2D eigenvalue weighted by Gasteiger charge is 2.14. The van der Waals surface area contributed by atoms with Gasteiger partial charge in [-0.2, -0.15) is 0 Å². The van der Waals surface area contributed by atoms with Crippen molar-refractivity contribution >= 4 is 23.2 Å². The van der Waals surface area contributed by atoms with Gasteiger partial charge in [-0.05, 0) is 37.3 Å². The Morgan fingerprint density at radius 3 is 2.70 bits per heavy atom. The lowest BCUT2D eigenvalue weighted by Crippen LogP contribution is -2.14. The molecule has 0 spiro atoms. The van der Waals surface area contributed by atoms with E-state index in [9.17, 15) is 9.18 Å². The molecule has 0 saturated heterocycles. The summed E-state index contributed by atoms with van der Waals surface area (Å²) in [6.07, 6.45) is 0. The zero-order chi connectivity index (χ0) is 14.7. The Morgan fingerprint density at radius 1 is 1.25 bits per heavy atom. The van der Waals surface area contributed by atoms with Gasteiger partial charge in [-0.3, -0.25) is 4.79 Å². The summed E-state index contributed by atoms with van der Waals surface area (Å²) in [6.45, 7) is 1.79. The SMILES string of the molecule is COc1ccc(Cl)cc1NC(=O)c1cc(C)ccc1F. The molecule has 2 aromatic rings. The molecule has 5 heteroatoms. The lowest BCUT2D eigenvalue weighted by molar-refractivity contribution is 0.102. The number of ether oxygens (including phenoxy) is 1. The quantitative estimate of drug-likeness (QED) is 0.927. The molecule has 0 radical (unpaired) electrons. The monoisotopic (exact) mass is 293 g/mol. The zero-order valence-corrected chi connectivity index (χ0v) is 11.8. The van der Waals surface area contributed by atoms with Crippen LogP contribution in [0.3, 0.4) is 0 Å². The van der Waals surface area contributed by atoms with Crippen molar-refractivity contribution in [3.63, 3.8) is 0 Å². The summed E-state index contributed by atoms with van der Waals surface area (Å²) in [7, 11) is 1.48. The molecule has 0 aromatic heterocycles. The number of hydrogen-bond donors (Lipinski definition) is 1. The Hall–Kier alpha value is -2.07. The summed E-state index contributed by atoms with van der Waals surface area (Å²) < 4.78 is 18.8. The van der Waals surface area contributed by atoms with Crippen LogP contribution in [0.4, 0.5) is 10.1 Å². The van der Waals surface area contributed by atoms with E-state index in [1.165, 1.54) is 19.2 Å². The predicted octanol–water partition coefficient (Wildman–Crippen LogP) is 4.05. The molecule has 2 rings (SSSR count). The minimum atomic E-state index is -0.575. The predicted molar refractivity (Wildman–Crippen MR) is 77.1 cm³/mol. The fourth-order valence-electron chi connectivity index (χ4n) is 1.78. The van der Waals surface area contributed by atoms with Crippen molar-refractivity contribution in [3.8, 4) is 5.75 Å². The van der Waals surface area contributed by atoms with Crippen molar-refractivity contribution in [3.05, 3.63) is 58.4 Å². The highest BCUT2D eigenvalue weighted by Crippen LogP contribution is 2.28. The van der Waals surface area contributed by atoms with Gasteiger partial charge in [0.1, 0.15) is 11.6 Å². The third-order valence-electron chi connectivity index (χ3n) is 2.78. The molecule has 0 bridgehead atoms. The lowest BCUT2D eigenvalue weighted by atomic mass is 10.1. The van der Waals surface area contributed by atoms with Gasteiger partial charge in [0.05, 0.1) is 18.4 Å². The fourth-order valence-corrected chi connectivity index (χ4v) is 1.95. The minimum absolute atomic E-state index is 0.0213. The van der Waals surface area contributed by atoms with E-state index in [4.69, 9.17) is 16.3 Å². The van der Waals surface area contributed by atoms with Crippen molar-refractivity contribution in [2.75, 3.05) is 12.4 Å². The van der Waals surface area contributed by atoms with Gasteiger partial charge in [-0.25, -0.2) is 4.39 Å². The number of nitrogens with one attached hydrogen (secondary N) is 1. The molecule has 0 saturated carbocycles. The standard InChI is InChI=1S/C15H13ClFNO2/c1-9-3-5-12(17)11(7-9)15(19)18-13-8-10(16)4-6-14(13)20-2/h3-8H,1-2H3,(H,18,19). The zero-order valence-electron chi connectivity index (χ0n) is 11.0. The Balaban J connectivity index is 2.32. The average molecular weight is 294 g/mol. The molecule has 0 atom stereocenters. The number of hydrogen-bond acceptors (Lipinski definition) is 2. The van der Waals surface area contributed by atoms with E-state index in [0.717, 1.165) is 5.56 Å². The van der Waals surface area contributed by atoms with Crippen LogP contribution in [0, 0.1) is 12.7 Å². The number of carbonyl (C=O) groups excluding carboxylic acids is 1. The Morgan fingerprint density at radius 2 is 2.00 bits per heavy atom. The van der Waals surface area contributed by atoms with E-state index in [0.29, 0.717) is 16.5 Å². The van der Waals surface area contributed by atoms with E-state index in [2.05, 4.69) is 5.32 Å². The molecule has 0 aliphatic rings. The molecule has 0 fully saturated rings. The van der Waals surface area contributed by atoms with Gasteiger partial charge in [0.25, 0.3) is 5.91 Å². The van der Waals surface area contributed by atoms with Crippen LogP contribution in [0.1, 0.15) is 15.9 Å². The number of carbonyl (C=O) groups is 1. The fraction of sp³-hybridized carbons (Fsp3) is 0.133. The molecular weight excluding hydrogens is 281 g/mol. The number of rotatable bonds is 3. The van der Waals surface area contributed by atoms with Gasteiger partial charge in [0.15, 0.2) is 0 Å².